The predicted molar refractivity (Wildman–Crippen MR) is 126 cm³/mol. The summed E-state index contributed by atoms with van der Waals surface area (Å²) < 4.78 is 31.4. The van der Waals surface area contributed by atoms with Gasteiger partial charge in [-0.3, -0.25) is 0 Å². The summed E-state index contributed by atoms with van der Waals surface area (Å²) >= 11 is 0. The Bertz CT molecular complexity index is 914. The highest BCUT2D eigenvalue weighted by Gasteiger charge is 2.16. The lowest BCUT2D eigenvalue weighted by molar-refractivity contribution is 0.0646. The Kier molecular flexibility index (Phi) is 9.97. The lowest BCUT2D eigenvalue weighted by Crippen LogP contribution is -2.38. The van der Waals surface area contributed by atoms with E-state index in [2.05, 4.69) is 34.7 Å². The Balaban J connectivity index is 1.81. The summed E-state index contributed by atoms with van der Waals surface area (Å²) in [6.45, 7) is 6.69. The standard InChI is InChI=1S/C23H34N4O3S/c1-5-24-23(25-16-9-17-30-19(2)21-10-7-6-8-11-21)26-18-20-12-14-22(15-13-20)31(28,29)27(3)4/h6-8,10-15,19H,5,9,16-18H2,1-4H3,(H2,24,25,26). The average Bonchev–Trinajstić information content (AvgIpc) is 2.77. The number of aliphatic imine (C=N–C) groups is 1. The fraction of sp³-hybridized carbons (Fsp3) is 0.435. The molecule has 2 N–H and O–H groups in total. The molecule has 2 aromatic rings. The van der Waals surface area contributed by atoms with Crippen LogP contribution in [0.3, 0.4) is 0 Å². The van der Waals surface area contributed by atoms with Gasteiger partial charge in [0.15, 0.2) is 5.96 Å². The van der Waals surface area contributed by atoms with E-state index < -0.39 is 10.0 Å². The van der Waals surface area contributed by atoms with Gasteiger partial charge in [-0.2, -0.15) is 0 Å². The molecule has 0 aromatic heterocycles. The molecule has 0 radical (unpaired) electrons. The highest BCUT2D eigenvalue weighted by Crippen LogP contribution is 2.16. The maximum Gasteiger partial charge on any atom is 0.242 e. The molecule has 0 saturated heterocycles. The van der Waals surface area contributed by atoms with Crippen molar-refractivity contribution in [1.29, 1.82) is 0 Å². The van der Waals surface area contributed by atoms with Crippen LogP contribution in [0, 0.1) is 0 Å². The van der Waals surface area contributed by atoms with Crippen LogP contribution < -0.4 is 10.6 Å². The highest BCUT2D eigenvalue weighted by atomic mass is 32.2. The second kappa shape index (κ2) is 12.4. The topological polar surface area (TPSA) is 83.0 Å². The molecule has 1 unspecified atom stereocenters. The van der Waals surface area contributed by atoms with Gasteiger partial charge in [0, 0.05) is 33.8 Å². The normalized spacial score (nSPS) is 13.3. The fourth-order valence-corrected chi connectivity index (χ4v) is 3.75. The summed E-state index contributed by atoms with van der Waals surface area (Å²) in [5, 5.41) is 6.54. The zero-order valence-corrected chi connectivity index (χ0v) is 19.7. The smallest absolute Gasteiger partial charge is 0.242 e. The third kappa shape index (κ3) is 7.97. The molecule has 2 aromatic carbocycles. The van der Waals surface area contributed by atoms with Gasteiger partial charge in [-0.25, -0.2) is 17.7 Å². The van der Waals surface area contributed by atoms with Gasteiger partial charge in [0.05, 0.1) is 17.5 Å². The molecule has 0 amide bonds. The Morgan fingerprint density at radius 3 is 2.35 bits per heavy atom. The first-order valence-corrected chi connectivity index (χ1v) is 12.0. The number of benzene rings is 2. The van der Waals surface area contributed by atoms with Gasteiger partial charge in [0.1, 0.15) is 0 Å². The van der Waals surface area contributed by atoms with Gasteiger partial charge in [0.25, 0.3) is 0 Å². The first-order chi connectivity index (χ1) is 14.8. The average molecular weight is 447 g/mol. The molecule has 0 fully saturated rings. The summed E-state index contributed by atoms with van der Waals surface area (Å²) in [7, 11) is -0.368. The summed E-state index contributed by atoms with van der Waals surface area (Å²) in [6, 6.07) is 17.0. The number of hydrogen-bond acceptors (Lipinski definition) is 4. The van der Waals surface area contributed by atoms with E-state index in [9.17, 15) is 8.42 Å². The molecule has 0 aliphatic heterocycles. The van der Waals surface area contributed by atoms with E-state index in [1.165, 1.54) is 24.0 Å². The quantitative estimate of drug-likeness (QED) is 0.315. The van der Waals surface area contributed by atoms with E-state index in [0.717, 1.165) is 31.0 Å². The number of sulfonamides is 1. The largest absolute Gasteiger partial charge is 0.374 e. The number of rotatable bonds is 11. The third-order valence-corrected chi connectivity index (χ3v) is 6.55. The van der Waals surface area contributed by atoms with E-state index in [1.54, 1.807) is 24.3 Å². The fourth-order valence-electron chi connectivity index (χ4n) is 2.85. The van der Waals surface area contributed by atoms with E-state index in [1.807, 2.05) is 25.1 Å². The van der Waals surface area contributed by atoms with Crippen molar-refractivity contribution in [1.82, 2.24) is 14.9 Å². The minimum atomic E-state index is -3.41. The van der Waals surface area contributed by atoms with Crippen molar-refractivity contribution in [2.75, 3.05) is 33.8 Å². The summed E-state index contributed by atoms with van der Waals surface area (Å²) in [5.74, 6) is 0.726. The minimum absolute atomic E-state index is 0.0717. The molecule has 8 heteroatoms. The van der Waals surface area contributed by atoms with Gasteiger partial charge < -0.3 is 15.4 Å². The Morgan fingerprint density at radius 2 is 1.74 bits per heavy atom. The summed E-state index contributed by atoms with van der Waals surface area (Å²) in [4.78, 5) is 4.86. The van der Waals surface area contributed by atoms with Crippen LogP contribution in [0.2, 0.25) is 0 Å². The predicted octanol–water partition coefficient (Wildman–Crippen LogP) is 3.16. The van der Waals surface area contributed by atoms with Gasteiger partial charge in [-0.1, -0.05) is 42.5 Å². The van der Waals surface area contributed by atoms with Crippen LogP contribution >= 0.6 is 0 Å². The minimum Gasteiger partial charge on any atom is -0.374 e. The first kappa shape index (κ1) is 24.8. The number of hydrogen-bond donors (Lipinski definition) is 2. The van der Waals surface area contributed by atoms with Gasteiger partial charge >= 0.3 is 0 Å². The molecule has 7 nitrogen and oxygen atoms in total. The molecule has 1 atom stereocenters. The van der Waals surface area contributed by atoms with Gasteiger partial charge in [-0.15, -0.1) is 0 Å². The zero-order chi connectivity index (χ0) is 22.7. The van der Waals surface area contributed by atoms with Crippen LogP contribution in [0.25, 0.3) is 0 Å². The zero-order valence-electron chi connectivity index (χ0n) is 18.8. The van der Waals surface area contributed by atoms with Crippen LogP contribution in [0.15, 0.2) is 64.5 Å². The SMILES string of the molecule is CCNC(=NCc1ccc(S(=O)(=O)N(C)C)cc1)NCCCOC(C)c1ccccc1. The molecule has 0 bridgehead atoms. The Morgan fingerprint density at radius 1 is 1.06 bits per heavy atom. The molecule has 0 spiro atoms. The lowest BCUT2D eigenvalue weighted by Gasteiger charge is -2.15. The van der Waals surface area contributed by atoms with E-state index in [4.69, 9.17) is 4.74 Å². The van der Waals surface area contributed by atoms with Crippen molar-refractivity contribution >= 4 is 16.0 Å². The van der Waals surface area contributed by atoms with Crippen molar-refractivity contribution < 1.29 is 13.2 Å². The summed E-state index contributed by atoms with van der Waals surface area (Å²) in [6.07, 6.45) is 0.931. The monoisotopic (exact) mass is 446 g/mol. The van der Waals surface area contributed by atoms with Crippen LogP contribution in [0.5, 0.6) is 0 Å². The number of ether oxygens (including phenoxy) is 1. The molecule has 0 aliphatic rings. The van der Waals surface area contributed by atoms with Crippen molar-refractivity contribution in [3.05, 3.63) is 65.7 Å². The van der Waals surface area contributed by atoms with E-state index >= 15 is 0 Å². The van der Waals surface area contributed by atoms with Gasteiger partial charge in [0.2, 0.25) is 10.0 Å². The third-order valence-electron chi connectivity index (χ3n) is 4.72. The molecule has 31 heavy (non-hydrogen) atoms. The first-order valence-electron chi connectivity index (χ1n) is 10.5. The second-order valence-electron chi connectivity index (χ2n) is 7.33. The second-order valence-corrected chi connectivity index (χ2v) is 9.48. The molecule has 0 saturated carbocycles. The van der Waals surface area contributed by atoms with Crippen molar-refractivity contribution in [2.24, 2.45) is 4.99 Å². The van der Waals surface area contributed by atoms with E-state index in [0.29, 0.717) is 13.2 Å². The molecular formula is C23H34N4O3S. The molecule has 0 heterocycles. The maximum absolute atomic E-state index is 12.2. The lowest BCUT2D eigenvalue weighted by atomic mass is 10.1. The van der Waals surface area contributed by atoms with Crippen LogP contribution in [0.1, 0.15) is 37.5 Å². The van der Waals surface area contributed by atoms with E-state index in [-0.39, 0.29) is 11.0 Å². The molecule has 0 aliphatic carbocycles. The number of nitrogens with zero attached hydrogens (tertiary/aromatic N) is 2. The van der Waals surface area contributed by atoms with Crippen molar-refractivity contribution in [2.45, 2.75) is 37.8 Å². The Hall–Kier alpha value is -2.42. The van der Waals surface area contributed by atoms with Crippen LogP contribution in [-0.4, -0.2) is 52.5 Å². The highest BCUT2D eigenvalue weighted by molar-refractivity contribution is 7.89. The van der Waals surface area contributed by atoms with Crippen LogP contribution in [0.4, 0.5) is 0 Å². The molecular weight excluding hydrogens is 412 g/mol. The van der Waals surface area contributed by atoms with Gasteiger partial charge in [-0.05, 0) is 43.5 Å². The summed E-state index contributed by atoms with van der Waals surface area (Å²) in [5.41, 5.74) is 2.12. The molecule has 2 rings (SSSR count). The van der Waals surface area contributed by atoms with Crippen LogP contribution in [-0.2, 0) is 21.3 Å². The van der Waals surface area contributed by atoms with Crippen molar-refractivity contribution in [3.8, 4) is 0 Å². The van der Waals surface area contributed by atoms with Crippen molar-refractivity contribution in [3.63, 3.8) is 0 Å². The number of nitrogens with one attached hydrogen (secondary N) is 2. The number of guanidine groups is 1. The Labute approximate surface area is 186 Å². The molecule has 170 valence electrons. The maximum atomic E-state index is 12.2.